The van der Waals surface area contributed by atoms with Crippen molar-refractivity contribution in [3.63, 3.8) is 0 Å². The number of carbonyl (C=O) groups excluding carboxylic acids is 1. The van der Waals surface area contributed by atoms with Crippen LogP contribution in [0.2, 0.25) is 0 Å². The minimum atomic E-state index is -1.09. The Morgan fingerprint density at radius 2 is 1.95 bits per heavy atom. The molecule has 0 fully saturated rings. The number of ketones is 1. The Hall–Kier alpha value is -2.82. The van der Waals surface area contributed by atoms with E-state index in [1.165, 1.54) is 13.0 Å². The summed E-state index contributed by atoms with van der Waals surface area (Å²) in [5.74, 6) is -0.657. The van der Waals surface area contributed by atoms with E-state index in [2.05, 4.69) is 0 Å². The lowest BCUT2D eigenvalue weighted by atomic mass is 10.1. The second-order valence-corrected chi connectivity index (χ2v) is 4.82. The molecule has 0 saturated heterocycles. The second-order valence-electron chi connectivity index (χ2n) is 4.82. The highest BCUT2D eigenvalue weighted by atomic mass is 16.4. The summed E-state index contributed by atoms with van der Waals surface area (Å²) in [6.45, 7) is 1.91. The number of Topliss-reactive ketones (excluding diaryl/α,β-unsaturated/α-hetero) is 1. The minimum absolute atomic E-state index is 0.00406. The van der Waals surface area contributed by atoms with Crippen molar-refractivity contribution >= 4 is 22.7 Å². The monoisotopic (exact) mass is 283 g/mol. The van der Waals surface area contributed by atoms with E-state index >= 15 is 0 Å². The average molecular weight is 283 g/mol. The number of nitrogens with zero attached hydrogens (tertiary/aromatic N) is 1. The van der Waals surface area contributed by atoms with E-state index in [4.69, 9.17) is 9.52 Å². The molecule has 3 rings (SSSR count). The molecular formula is C16H13NO4. The maximum Gasteiger partial charge on any atom is 0.371 e. The Bertz CT molecular complexity index is 841. The van der Waals surface area contributed by atoms with Crippen molar-refractivity contribution in [3.8, 4) is 0 Å². The van der Waals surface area contributed by atoms with Crippen LogP contribution in [0.4, 0.5) is 0 Å². The molecule has 0 amide bonds. The van der Waals surface area contributed by atoms with Gasteiger partial charge in [0.1, 0.15) is 5.76 Å². The molecule has 2 heterocycles. The molecule has 1 N–H and O–H groups in total. The Morgan fingerprint density at radius 3 is 2.62 bits per heavy atom. The van der Waals surface area contributed by atoms with E-state index in [0.717, 1.165) is 10.9 Å². The lowest BCUT2D eigenvalue weighted by molar-refractivity contribution is 0.0660. The van der Waals surface area contributed by atoms with Crippen LogP contribution in [0.25, 0.3) is 10.9 Å². The van der Waals surface area contributed by atoms with Crippen LogP contribution in [0.5, 0.6) is 0 Å². The van der Waals surface area contributed by atoms with Crippen LogP contribution >= 0.6 is 0 Å². The summed E-state index contributed by atoms with van der Waals surface area (Å²) in [4.78, 5) is 22.5. The van der Waals surface area contributed by atoms with Gasteiger partial charge in [0.15, 0.2) is 5.78 Å². The number of aromatic nitrogens is 1. The number of hydrogen-bond acceptors (Lipinski definition) is 3. The van der Waals surface area contributed by atoms with Crippen LogP contribution in [0.3, 0.4) is 0 Å². The van der Waals surface area contributed by atoms with Gasteiger partial charge in [-0.1, -0.05) is 18.2 Å². The number of aromatic carboxylic acids is 1. The van der Waals surface area contributed by atoms with Crippen molar-refractivity contribution in [2.75, 3.05) is 0 Å². The number of hydrogen-bond donors (Lipinski definition) is 1. The van der Waals surface area contributed by atoms with Crippen molar-refractivity contribution in [1.82, 2.24) is 4.57 Å². The molecule has 3 aromatic rings. The van der Waals surface area contributed by atoms with Crippen LogP contribution in [0.1, 0.15) is 33.6 Å². The molecule has 0 atom stereocenters. The van der Waals surface area contributed by atoms with Gasteiger partial charge in [-0.05, 0) is 25.1 Å². The number of fused-ring (bicyclic) bond motifs is 1. The topological polar surface area (TPSA) is 72.4 Å². The van der Waals surface area contributed by atoms with E-state index in [0.29, 0.717) is 17.9 Å². The second kappa shape index (κ2) is 4.94. The molecule has 0 spiro atoms. The number of carbonyl (C=O) groups is 2. The van der Waals surface area contributed by atoms with Gasteiger partial charge in [0.2, 0.25) is 5.76 Å². The fourth-order valence-corrected chi connectivity index (χ4v) is 2.40. The summed E-state index contributed by atoms with van der Waals surface area (Å²) >= 11 is 0. The number of carboxylic acids is 1. The predicted molar refractivity (Wildman–Crippen MR) is 76.7 cm³/mol. The van der Waals surface area contributed by atoms with Gasteiger partial charge in [-0.15, -0.1) is 0 Å². The normalized spacial score (nSPS) is 10.9. The number of carboxylic acid groups (broad SMARTS) is 1. The first-order valence-corrected chi connectivity index (χ1v) is 6.47. The summed E-state index contributed by atoms with van der Waals surface area (Å²) in [6.07, 6.45) is 1.77. The highest BCUT2D eigenvalue weighted by Gasteiger charge is 2.14. The van der Waals surface area contributed by atoms with E-state index in [9.17, 15) is 9.59 Å². The number of rotatable bonds is 4. The summed E-state index contributed by atoms with van der Waals surface area (Å²) < 4.78 is 7.15. The van der Waals surface area contributed by atoms with Gasteiger partial charge in [-0.2, -0.15) is 0 Å². The third-order valence-electron chi connectivity index (χ3n) is 3.37. The number of benzene rings is 1. The third-order valence-corrected chi connectivity index (χ3v) is 3.37. The molecular weight excluding hydrogens is 270 g/mol. The fraction of sp³-hybridized carbons (Fsp3) is 0.125. The summed E-state index contributed by atoms with van der Waals surface area (Å²) in [7, 11) is 0. The Kier molecular flexibility index (Phi) is 3.10. The lowest BCUT2D eigenvalue weighted by Crippen LogP contribution is -1.97. The molecule has 0 aliphatic carbocycles. The van der Waals surface area contributed by atoms with Gasteiger partial charge in [0.25, 0.3) is 0 Å². The van der Waals surface area contributed by atoms with Gasteiger partial charge in [0.05, 0.1) is 6.54 Å². The predicted octanol–water partition coefficient (Wildman–Crippen LogP) is 3.18. The lowest BCUT2D eigenvalue weighted by Gasteiger charge is -2.02. The van der Waals surface area contributed by atoms with Crippen LogP contribution in [0, 0.1) is 0 Å². The maximum absolute atomic E-state index is 11.7. The van der Waals surface area contributed by atoms with Crippen LogP contribution < -0.4 is 0 Å². The van der Waals surface area contributed by atoms with Crippen LogP contribution in [-0.2, 0) is 6.54 Å². The van der Waals surface area contributed by atoms with E-state index in [1.54, 1.807) is 12.3 Å². The molecule has 2 aromatic heterocycles. The fourth-order valence-electron chi connectivity index (χ4n) is 2.40. The largest absolute Gasteiger partial charge is 0.475 e. The average Bonchev–Trinajstić information content (AvgIpc) is 3.05. The molecule has 5 nitrogen and oxygen atoms in total. The molecule has 106 valence electrons. The van der Waals surface area contributed by atoms with Crippen molar-refractivity contribution < 1.29 is 19.1 Å². The highest BCUT2D eigenvalue weighted by molar-refractivity contribution is 6.06. The molecule has 0 saturated carbocycles. The van der Waals surface area contributed by atoms with E-state index in [1.807, 2.05) is 28.8 Å². The zero-order valence-corrected chi connectivity index (χ0v) is 11.4. The van der Waals surface area contributed by atoms with Crippen LogP contribution in [0.15, 0.2) is 47.0 Å². The minimum Gasteiger partial charge on any atom is -0.475 e. The molecule has 0 aliphatic heterocycles. The van der Waals surface area contributed by atoms with Crippen molar-refractivity contribution in [1.29, 1.82) is 0 Å². The first-order chi connectivity index (χ1) is 10.1. The Morgan fingerprint density at radius 1 is 1.19 bits per heavy atom. The first kappa shape index (κ1) is 13.2. The van der Waals surface area contributed by atoms with Gasteiger partial charge in [-0.25, -0.2) is 4.79 Å². The van der Waals surface area contributed by atoms with Crippen molar-refractivity contribution in [2.24, 2.45) is 0 Å². The number of furan rings is 1. The molecule has 0 radical (unpaired) electrons. The zero-order valence-electron chi connectivity index (χ0n) is 11.4. The molecule has 1 aromatic carbocycles. The SMILES string of the molecule is CC(=O)c1cn(Cc2ccc(C(=O)O)o2)c2ccccc12. The molecule has 21 heavy (non-hydrogen) atoms. The van der Waals surface area contributed by atoms with Gasteiger partial charge in [-0.3, -0.25) is 4.79 Å². The smallest absolute Gasteiger partial charge is 0.371 e. The van der Waals surface area contributed by atoms with Gasteiger partial charge in [0, 0.05) is 22.7 Å². The summed E-state index contributed by atoms with van der Waals surface area (Å²) in [5.41, 5.74) is 1.56. The first-order valence-electron chi connectivity index (χ1n) is 6.47. The molecule has 0 aliphatic rings. The standard InChI is InChI=1S/C16H13NO4/c1-10(18)13-9-17(14-5-3-2-4-12(13)14)8-11-6-7-15(21-11)16(19)20/h2-7,9H,8H2,1H3,(H,19,20). The molecule has 5 heteroatoms. The zero-order chi connectivity index (χ0) is 15.0. The maximum atomic E-state index is 11.7. The molecule has 0 bridgehead atoms. The third kappa shape index (κ3) is 2.33. The van der Waals surface area contributed by atoms with E-state index in [-0.39, 0.29) is 11.5 Å². The van der Waals surface area contributed by atoms with Crippen molar-refractivity contribution in [2.45, 2.75) is 13.5 Å². The van der Waals surface area contributed by atoms with Crippen molar-refractivity contribution in [3.05, 3.63) is 59.7 Å². The highest BCUT2D eigenvalue weighted by Crippen LogP contribution is 2.23. The quantitative estimate of drug-likeness (QED) is 0.746. The van der Waals surface area contributed by atoms with Gasteiger partial charge < -0.3 is 14.1 Å². The van der Waals surface area contributed by atoms with Gasteiger partial charge >= 0.3 is 5.97 Å². The Labute approximate surface area is 120 Å². The summed E-state index contributed by atoms with van der Waals surface area (Å²) in [5, 5.41) is 9.75. The van der Waals surface area contributed by atoms with E-state index < -0.39 is 5.97 Å². The Balaban J connectivity index is 2.04. The number of para-hydroxylation sites is 1. The van der Waals surface area contributed by atoms with Crippen LogP contribution in [-0.4, -0.2) is 21.4 Å². The molecule has 0 unspecified atom stereocenters. The summed E-state index contributed by atoms with van der Waals surface area (Å²) in [6, 6.07) is 10.7.